The highest BCUT2D eigenvalue weighted by Crippen LogP contribution is 2.37. The highest BCUT2D eigenvalue weighted by Gasteiger charge is 2.37. The van der Waals surface area contributed by atoms with E-state index in [2.05, 4.69) is 20.9 Å². The van der Waals surface area contributed by atoms with Crippen LogP contribution in [0.3, 0.4) is 0 Å². The number of fused-ring (bicyclic) bond motifs is 1. The second-order valence-corrected chi connectivity index (χ2v) is 7.39. The lowest BCUT2D eigenvalue weighted by Gasteiger charge is -2.32. The van der Waals surface area contributed by atoms with Gasteiger partial charge in [0.1, 0.15) is 11.1 Å². The fraction of sp³-hybridized carbons (Fsp3) is 0.211. The Balaban J connectivity index is 1.64. The molecule has 2 aromatic carbocycles. The minimum atomic E-state index is -0.366. The first-order valence-electron chi connectivity index (χ1n) is 8.39. The predicted molar refractivity (Wildman–Crippen MR) is 103 cm³/mol. The summed E-state index contributed by atoms with van der Waals surface area (Å²) in [4.78, 5) is 13.0. The van der Waals surface area contributed by atoms with Gasteiger partial charge in [-0.05, 0) is 31.5 Å². The molecule has 1 aliphatic heterocycles. The van der Waals surface area contributed by atoms with Crippen LogP contribution in [-0.2, 0) is 4.79 Å². The Hall–Kier alpha value is -2.80. The number of hydrogen-bond acceptors (Lipinski definition) is 5. The van der Waals surface area contributed by atoms with Crippen LogP contribution in [0.15, 0.2) is 59.8 Å². The molecule has 1 aliphatic rings. The molecule has 2 heterocycles. The average Bonchev–Trinajstić information content (AvgIpc) is 3.03. The maximum absolute atomic E-state index is 13.0. The molecule has 1 amide bonds. The van der Waals surface area contributed by atoms with E-state index in [1.54, 1.807) is 0 Å². The monoisotopic (exact) mass is 365 g/mol. The molecule has 2 atom stereocenters. The Bertz CT molecular complexity index is 923. The molecule has 132 valence electrons. The minimum Gasteiger partial charge on any atom is -0.325 e. The van der Waals surface area contributed by atoms with Crippen LogP contribution in [0, 0.1) is 13.8 Å². The molecule has 0 aliphatic carbocycles. The number of hydrogen-bond donors (Lipinski definition) is 2. The fourth-order valence-electron chi connectivity index (χ4n) is 2.92. The third-order valence-corrected chi connectivity index (χ3v) is 5.55. The van der Waals surface area contributed by atoms with Crippen molar-refractivity contribution in [1.29, 1.82) is 0 Å². The Morgan fingerprint density at radius 2 is 1.81 bits per heavy atom. The zero-order chi connectivity index (χ0) is 18.1. The van der Waals surface area contributed by atoms with Gasteiger partial charge in [-0.1, -0.05) is 59.8 Å². The summed E-state index contributed by atoms with van der Waals surface area (Å²) in [7, 11) is 0. The van der Waals surface area contributed by atoms with E-state index < -0.39 is 0 Å². The van der Waals surface area contributed by atoms with Crippen molar-refractivity contribution in [3.8, 4) is 0 Å². The van der Waals surface area contributed by atoms with Gasteiger partial charge in [0.25, 0.3) is 0 Å². The van der Waals surface area contributed by atoms with Gasteiger partial charge < -0.3 is 10.7 Å². The molecule has 0 bridgehead atoms. The zero-order valence-corrected chi connectivity index (χ0v) is 15.3. The number of aromatic nitrogens is 3. The summed E-state index contributed by atoms with van der Waals surface area (Å²) in [6, 6.07) is 17.6. The van der Waals surface area contributed by atoms with E-state index >= 15 is 0 Å². The zero-order valence-electron chi connectivity index (χ0n) is 14.5. The summed E-state index contributed by atoms with van der Waals surface area (Å²) in [5.41, 5.74) is 6.38. The summed E-state index contributed by atoms with van der Waals surface area (Å²) in [5, 5.41) is 11.6. The number of carbonyl (C=O) groups excluding carboxylic acids is 1. The third-order valence-electron chi connectivity index (χ3n) is 4.33. The molecule has 6 nitrogen and oxygen atoms in total. The molecule has 0 spiro atoms. The van der Waals surface area contributed by atoms with Crippen molar-refractivity contribution in [3.63, 3.8) is 0 Å². The second-order valence-electron chi connectivity index (χ2n) is 6.28. The van der Waals surface area contributed by atoms with Gasteiger partial charge in [0.15, 0.2) is 0 Å². The number of anilines is 1. The van der Waals surface area contributed by atoms with Gasteiger partial charge >= 0.3 is 0 Å². The molecule has 3 aromatic rings. The van der Waals surface area contributed by atoms with Crippen molar-refractivity contribution in [2.75, 3.05) is 10.7 Å². The summed E-state index contributed by atoms with van der Waals surface area (Å²) in [5.74, 6) is 0.706. The molecule has 26 heavy (non-hydrogen) atoms. The van der Waals surface area contributed by atoms with Crippen LogP contribution < -0.4 is 10.7 Å². The van der Waals surface area contributed by atoms with Crippen molar-refractivity contribution in [3.05, 3.63) is 71.5 Å². The number of benzene rings is 2. The van der Waals surface area contributed by atoms with Gasteiger partial charge in [-0.2, -0.15) is 0 Å². The van der Waals surface area contributed by atoms with E-state index in [1.807, 2.05) is 73.1 Å². The van der Waals surface area contributed by atoms with E-state index in [0.717, 1.165) is 22.6 Å². The number of amides is 1. The third kappa shape index (κ3) is 3.17. The number of aryl methyl sites for hydroxylation is 2. The van der Waals surface area contributed by atoms with E-state index in [9.17, 15) is 4.79 Å². The summed E-state index contributed by atoms with van der Waals surface area (Å²) >= 11 is 1.43. The van der Waals surface area contributed by atoms with Crippen LogP contribution in [0.1, 0.15) is 23.0 Å². The molecule has 2 N–H and O–H groups in total. The van der Waals surface area contributed by atoms with Crippen LogP contribution in [0.4, 0.5) is 5.69 Å². The second kappa shape index (κ2) is 6.84. The Kier molecular flexibility index (Phi) is 4.38. The smallest absolute Gasteiger partial charge is 0.240 e. The Labute approximate surface area is 156 Å². The van der Waals surface area contributed by atoms with Crippen LogP contribution in [0.5, 0.6) is 0 Å². The number of thioether (sulfide) groups is 1. The van der Waals surface area contributed by atoms with Crippen molar-refractivity contribution in [1.82, 2.24) is 14.9 Å². The number of nitrogens with zero attached hydrogens (tertiary/aromatic N) is 3. The molecule has 7 heteroatoms. The van der Waals surface area contributed by atoms with Crippen molar-refractivity contribution < 1.29 is 4.79 Å². The standard InChI is InChI=1S/C19H19N5OS/c1-12-8-10-15(11-9-12)20-18(25)17-16(14-6-4-3-5-7-14)23-24-13(2)21-22-19(24)26-17/h3-11,16-17,23H,1-2H3,(H,20,25)/t16-,17+/m1/s1. The normalized spacial score (nSPS) is 18.7. The molecule has 0 unspecified atom stereocenters. The van der Waals surface area contributed by atoms with Crippen molar-refractivity contribution in [2.45, 2.75) is 30.3 Å². The molecule has 0 saturated heterocycles. The average molecular weight is 365 g/mol. The van der Waals surface area contributed by atoms with Gasteiger partial charge in [0.2, 0.25) is 11.1 Å². The van der Waals surface area contributed by atoms with E-state index in [1.165, 1.54) is 11.8 Å². The van der Waals surface area contributed by atoms with E-state index in [0.29, 0.717) is 5.16 Å². The van der Waals surface area contributed by atoms with Gasteiger partial charge in [0, 0.05) is 5.69 Å². The lowest BCUT2D eigenvalue weighted by atomic mass is 10.0. The lowest BCUT2D eigenvalue weighted by molar-refractivity contribution is -0.116. The summed E-state index contributed by atoms with van der Waals surface area (Å²) in [6.45, 7) is 3.91. The molecule has 0 fully saturated rings. The minimum absolute atomic E-state index is 0.0629. The molecule has 1 aromatic heterocycles. The van der Waals surface area contributed by atoms with E-state index in [-0.39, 0.29) is 17.2 Å². The fourth-order valence-corrected chi connectivity index (χ4v) is 4.05. The summed E-state index contributed by atoms with van der Waals surface area (Å²) < 4.78 is 1.85. The Morgan fingerprint density at radius 1 is 1.08 bits per heavy atom. The maximum atomic E-state index is 13.0. The lowest BCUT2D eigenvalue weighted by Crippen LogP contribution is -2.41. The van der Waals surface area contributed by atoms with Crippen LogP contribution in [0.25, 0.3) is 0 Å². The number of carbonyl (C=O) groups is 1. The maximum Gasteiger partial charge on any atom is 0.240 e. The van der Waals surface area contributed by atoms with Crippen molar-refractivity contribution >= 4 is 23.4 Å². The first-order chi connectivity index (χ1) is 12.6. The molecule has 0 saturated carbocycles. The SMILES string of the molecule is Cc1ccc(NC(=O)[C@H]2Sc3nnc(C)n3N[C@@H]2c2ccccc2)cc1. The number of rotatable bonds is 3. The van der Waals surface area contributed by atoms with Gasteiger partial charge in [-0.15, -0.1) is 10.2 Å². The van der Waals surface area contributed by atoms with Crippen LogP contribution in [-0.4, -0.2) is 26.0 Å². The van der Waals surface area contributed by atoms with E-state index in [4.69, 9.17) is 0 Å². The molecule has 4 rings (SSSR count). The topological polar surface area (TPSA) is 71.8 Å². The predicted octanol–water partition coefficient (Wildman–Crippen LogP) is 3.29. The Morgan fingerprint density at radius 3 is 2.54 bits per heavy atom. The largest absolute Gasteiger partial charge is 0.325 e. The summed E-state index contributed by atoms with van der Waals surface area (Å²) in [6.07, 6.45) is 0. The first-order valence-corrected chi connectivity index (χ1v) is 9.27. The van der Waals surface area contributed by atoms with Gasteiger partial charge in [-0.25, -0.2) is 4.68 Å². The highest BCUT2D eigenvalue weighted by atomic mass is 32.2. The van der Waals surface area contributed by atoms with Crippen LogP contribution in [0.2, 0.25) is 0 Å². The first kappa shape index (κ1) is 16.7. The van der Waals surface area contributed by atoms with Crippen LogP contribution >= 0.6 is 11.8 Å². The molecular weight excluding hydrogens is 346 g/mol. The van der Waals surface area contributed by atoms with Gasteiger partial charge in [0.05, 0.1) is 6.04 Å². The van der Waals surface area contributed by atoms with Gasteiger partial charge in [-0.3, -0.25) is 4.79 Å². The number of nitrogens with one attached hydrogen (secondary N) is 2. The molecular formula is C19H19N5OS. The quantitative estimate of drug-likeness (QED) is 0.745. The van der Waals surface area contributed by atoms with Crippen molar-refractivity contribution in [2.24, 2.45) is 0 Å². The highest BCUT2D eigenvalue weighted by molar-refractivity contribution is 8.00. The molecule has 0 radical (unpaired) electrons.